The molecule has 2 amide bonds. The molecule has 0 spiro atoms. The second-order valence-corrected chi connectivity index (χ2v) is 5.37. The molecule has 5 heteroatoms. The molecule has 2 fully saturated rings. The monoisotopic (exact) mass is 285 g/mol. The molecule has 5 nitrogen and oxygen atoms in total. The number of carbonyl (C=O) groups excluding carboxylic acids is 1. The van der Waals surface area contributed by atoms with Crippen LogP contribution in [0, 0.1) is 11.8 Å². The number of hydrogen-bond donors (Lipinski definition) is 2. The van der Waals surface area contributed by atoms with Gasteiger partial charge in [0.15, 0.2) is 0 Å². The number of urea groups is 1. The summed E-state index contributed by atoms with van der Waals surface area (Å²) in [7, 11) is 0. The molecule has 0 saturated carbocycles. The van der Waals surface area contributed by atoms with Crippen molar-refractivity contribution in [3.8, 4) is 11.8 Å². The number of piperazine rings is 1. The number of benzene rings is 1. The maximum Gasteiger partial charge on any atom is 0.321 e. The number of carbonyl (C=O) groups is 1. The quantitative estimate of drug-likeness (QED) is 0.765. The minimum Gasteiger partial charge on any atom is -0.392 e. The van der Waals surface area contributed by atoms with Gasteiger partial charge < -0.3 is 20.2 Å². The van der Waals surface area contributed by atoms with Gasteiger partial charge in [0.25, 0.3) is 0 Å². The van der Waals surface area contributed by atoms with Crippen LogP contribution in [0.1, 0.15) is 11.1 Å². The number of nitrogens with one attached hydrogen (secondary N) is 1. The van der Waals surface area contributed by atoms with Crippen molar-refractivity contribution in [3.63, 3.8) is 0 Å². The van der Waals surface area contributed by atoms with Crippen LogP contribution in [0.15, 0.2) is 24.3 Å². The minimum atomic E-state index is 0.0429. The highest BCUT2D eigenvalue weighted by Crippen LogP contribution is 2.16. The third-order valence-electron chi connectivity index (χ3n) is 3.94. The summed E-state index contributed by atoms with van der Waals surface area (Å²) in [4.78, 5) is 15.9. The predicted octanol–water partition coefficient (Wildman–Crippen LogP) is 0.240. The standard InChI is InChI=1S/C16H19N3O2/c20-12-14-5-3-13(4-6-14)2-1-8-18-11-15-10-17-7-9-19(15)16(18)21/h3-6,15,17,20H,7-12H2/t15-/m0/s1. The molecule has 0 unspecified atom stereocenters. The third kappa shape index (κ3) is 3.02. The van der Waals surface area contributed by atoms with E-state index in [0.717, 1.165) is 37.3 Å². The smallest absolute Gasteiger partial charge is 0.321 e. The number of aliphatic hydroxyl groups is 1. The lowest BCUT2D eigenvalue weighted by Crippen LogP contribution is -2.49. The van der Waals surface area contributed by atoms with E-state index in [1.165, 1.54) is 0 Å². The summed E-state index contributed by atoms with van der Waals surface area (Å²) >= 11 is 0. The van der Waals surface area contributed by atoms with Crippen molar-refractivity contribution in [1.82, 2.24) is 15.1 Å². The Morgan fingerprint density at radius 1 is 1.33 bits per heavy atom. The van der Waals surface area contributed by atoms with E-state index >= 15 is 0 Å². The number of rotatable bonds is 2. The zero-order valence-corrected chi connectivity index (χ0v) is 11.9. The van der Waals surface area contributed by atoms with Gasteiger partial charge in [0.2, 0.25) is 0 Å². The minimum absolute atomic E-state index is 0.0429. The van der Waals surface area contributed by atoms with Crippen LogP contribution >= 0.6 is 0 Å². The van der Waals surface area contributed by atoms with Gasteiger partial charge in [-0.15, -0.1) is 0 Å². The lowest BCUT2D eigenvalue weighted by atomic mass is 10.1. The van der Waals surface area contributed by atoms with Crippen LogP contribution in [0.4, 0.5) is 4.79 Å². The van der Waals surface area contributed by atoms with Gasteiger partial charge in [-0.3, -0.25) is 0 Å². The van der Waals surface area contributed by atoms with Crippen LogP contribution in [0.3, 0.4) is 0 Å². The van der Waals surface area contributed by atoms with Crippen LogP contribution in [-0.2, 0) is 6.61 Å². The molecule has 3 rings (SSSR count). The van der Waals surface area contributed by atoms with E-state index < -0.39 is 0 Å². The number of aliphatic hydroxyl groups excluding tert-OH is 1. The van der Waals surface area contributed by atoms with Gasteiger partial charge >= 0.3 is 6.03 Å². The molecule has 2 N–H and O–H groups in total. The van der Waals surface area contributed by atoms with Crippen molar-refractivity contribution < 1.29 is 9.90 Å². The second-order valence-electron chi connectivity index (χ2n) is 5.37. The van der Waals surface area contributed by atoms with Crippen molar-refractivity contribution in [3.05, 3.63) is 35.4 Å². The van der Waals surface area contributed by atoms with Crippen molar-refractivity contribution in [2.24, 2.45) is 0 Å². The normalized spacial score (nSPS) is 21.0. The lowest BCUT2D eigenvalue weighted by molar-refractivity contribution is 0.181. The van der Waals surface area contributed by atoms with Gasteiger partial charge in [0.1, 0.15) is 0 Å². The Hall–Kier alpha value is -2.03. The largest absolute Gasteiger partial charge is 0.392 e. The van der Waals surface area contributed by atoms with Gasteiger partial charge in [-0.1, -0.05) is 24.0 Å². The maximum atomic E-state index is 12.2. The predicted molar refractivity (Wildman–Crippen MR) is 79.6 cm³/mol. The van der Waals surface area contributed by atoms with Crippen LogP contribution < -0.4 is 5.32 Å². The third-order valence-corrected chi connectivity index (χ3v) is 3.94. The molecule has 0 bridgehead atoms. The number of hydrogen-bond acceptors (Lipinski definition) is 3. The summed E-state index contributed by atoms with van der Waals surface area (Å²) in [5.74, 6) is 6.13. The first-order valence-corrected chi connectivity index (χ1v) is 7.23. The first-order chi connectivity index (χ1) is 10.3. The summed E-state index contributed by atoms with van der Waals surface area (Å²) in [6.07, 6.45) is 0. The molecule has 21 heavy (non-hydrogen) atoms. The summed E-state index contributed by atoms with van der Waals surface area (Å²) < 4.78 is 0. The lowest BCUT2D eigenvalue weighted by Gasteiger charge is -2.28. The SMILES string of the molecule is O=C1N(CC#Cc2ccc(CO)cc2)C[C@@H]2CNCCN12. The van der Waals surface area contributed by atoms with Crippen LogP contribution in [0.25, 0.3) is 0 Å². The van der Waals surface area contributed by atoms with E-state index in [9.17, 15) is 4.79 Å². The molecule has 2 aliphatic rings. The van der Waals surface area contributed by atoms with Crippen LogP contribution in [0.2, 0.25) is 0 Å². The van der Waals surface area contributed by atoms with E-state index in [0.29, 0.717) is 6.54 Å². The van der Waals surface area contributed by atoms with Crippen LogP contribution in [0.5, 0.6) is 0 Å². The molecule has 2 saturated heterocycles. The number of fused-ring (bicyclic) bond motifs is 1. The highest BCUT2D eigenvalue weighted by atomic mass is 16.3. The average molecular weight is 285 g/mol. The summed E-state index contributed by atoms with van der Waals surface area (Å²) in [6, 6.07) is 7.88. The average Bonchev–Trinajstić information content (AvgIpc) is 2.85. The van der Waals surface area contributed by atoms with E-state index in [1.807, 2.05) is 34.1 Å². The first-order valence-electron chi connectivity index (χ1n) is 7.23. The molecule has 2 aliphatic heterocycles. The zero-order chi connectivity index (χ0) is 14.7. The first kappa shape index (κ1) is 13.9. The maximum absolute atomic E-state index is 12.2. The topological polar surface area (TPSA) is 55.8 Å². The van der Waals surface area contributed by atoms with Gasteiger partial charge in [0.05, 0.1) is 19.2 Å². The van der Waals surface area contributed by atoms with Crippen molar-refractivity contribution in [1.29, 1.82) is 0 Å². The zero-order valence-electron chi connectivity index (χ0n) is 11.9. The van der Waals surface area contributed by atoms with Gasteiger partial charge in [-0.25, -0.2) is 4.79 Å². The Morgan fingerprint density at radius 2 is 2.14 bits per heavy atom. The van der Waals surface area contributed by atoms with Crippen molar-refractivity contribution >= 4 is 6.03 Å². The van der Waals surface area contributed by atoms with E-state index in [-0.39, 0.29) is 18.7 Å². The fraction of sp³-hybridized carbons (Fsp3) is 0.438. The fourth-order valence-electron chi connectivity index (χ4n) is 2.75. The molecule has 1 atom stereocenters. The highest BCUT2D eigenvalue weighted by Gasteiger charge is 2.37. The molecule has 110 valence electrons. The van der Waals surface area contributed by atoms with E-state index in [4.69, 9.17) is 5.11 Å². The molecule has 0 radical (unpaired) electrons. The molecule has 1 aromatic rings. The Kier molecular flexibility index (Phi) is 4.09. The Bertz CT molecular complexity index is 573. The fourth-order valence-corrected chi connectivity index (χ4v) is 2.75. The summed E-state index contributed by atoms with van der Waals surface area (Å²) in [5.41, 5.74) is 1.78. The molecule has 2 heterocycles. The Balaban J connectivity index is 1.60. The van der Waals surface area contributed by atoms with Gasteiger partial charge in [-0.05, 0) is 17.7 Å². The second kappa shape index (κ2) is 6.17. The number of nitrogens with zero attached hydrogens (tertiary/aromatic N) is 2. The summed E-state index contributed by atoms with van der Waals surface area (Å²) in [5, 5.41) is 12.3. The molecule has 0 aliphatic carbocycles. The molecular weight excluding hydrogens is 266 g/mol. The van der Waals surface area contributed by atoms with Crippen molar-refractivity contribution in [2.75, 3.05) is 32.7 Å². The van der Waals surface area contributed by atoms with Crippen LogP contribution in [-0.4, -0.2) is 59.7 Å². The Morgan fingerprint density at radius 3 is 2.86 bits per heavy atom. The Labute approximate surface area is 124 Å². The molecule has 1 aromatic carbocycles. The van der Waals surface area contributed by atoms with Crippen molar-refractivity contribution in [2.45, 2.75) is 12.6 Å². The van der Waals surface area contributed by atoms with Gasteiger partial charge in [-0.2, -0.15) is 0 Å². The van der Waals surface area contributed by atoms with E-state index in [2.05, 4.69) is 17.2 Å². The van der Waals surface area contributed by atoms with Gasteiger partial charge in [0, 0.05) is 31.7 Å². The summed E-state index contributed by atoms with van der Waals surface area (Å²) in [6.45, 7) is 3.80. The highest BCUT2D eigenvalue weighted by molar-refractivity contribution is 5.77. The number of amides is 2. The molecular formula is C16H19N3O2. The van der Waals surface area contributed by atoms with E-state index in [1.54, 1.807) is 0 Å². The molecule has 0 aromatic heterocycles.